The molecule has 0 atom stereocenters. The summed E-state index contributed by atoms with van der Waals surface area (Å²) in [5, 5.41) is 28.4. The lowest BCUT2D eigenvalue weighted by molar-refractivity contribution is -0.395. The first-order valence-electron chi connectivity index (χ1n) is 7.37. The van der Waals surface area contributed by atoms with Crippen LogP contribution in [-0.4, -0.2) is 16.0 Å². The summed E-state index contributed by atoms with van der Waals surface area (Å²) in [6, 6.07) is 9.69. The molecule has 0 saturated carbocycles. The molecule has 0 fully saturated rings. The van der Waals surface area contributed by atoms with E-state index in [4.69, 9.17) is 0 Å². The minimum Gasteiger partial charge on any atom is -0.258 e. The van der Waals surface area contributed by atoms with E-state index in [1.165, 1.54) is 6.08 Å². The predicted octanol–water partition coefficient (Wildman–Crippen LogP) is 4.85. The molecule has 0 N–H and O–H groups in total. The molecule has 0 aliphatic carbocycles. The third-order valence-electron chi connectivity index (χ3n) is 3.84. The van der Waals surface area contributed by atoms with E-state index in [9.17, 15) is 33.4 Å². The van der Waals surface area contributed by atoms with Crippen LogP contribution < -0.4 is 0 Å². The van der Waals surface area contributed by atoms with E-state index < -0.39 is 38.6 Å². The van der Waals surface area contributed by atoms with E-state index in [1.807, 2.05) is 0 Å². The van der Waals surface area contributed by atoms with Gasteiger partial charge < -0.3 is 0 Å². The zero-order chi connectivity index (χ0) is 19.8. The Morgan fingerprint density at radius 3 is 2.07 bits per heavy atom. The average Bonchev–Trinajstić information content (AvgIpc) is 3.41. The molecular weight excluding hydrogens is 369 g/mol. The minimum absolute atomic E-state index is 0.359. The van der Waals surface area contributed by atoms with Crippen LogP contribution in [0.4, 0.5) is 24.5 Å². The third kappa shape index (κ3) is 3.26. The fourth-order valence-corrected chi connectivity index (χ4v) is 2.55. The average molecular weight is 378 g/mol. The minimum atomic E-state index is -5.02. The van der Waals surface area contributed by atoms with Crippen LogP contribution in [0.3, 0.4) is 0 Å². The van der Waals surface area contributed by atoms with Gasteiger partial charge in [0.25, 0.3) is 11.4 Å². The van der Waals surface area contributed by atoms with E-state index in [-0.39, 0.29) is 5.56 Å². The summed E-state index contributed by atoms with van der Waals surface area (Å²) < 4.78 is 40.4. The molecule has 2 aromatic rings. The first kappa shape index (κ1) is 18.2. The standard InChI is InChI=1S/C16H9F3N4O4/c17-16(18,19)15(20-21-15)14-11(7-6-10-4-2-1-3-5-10)8-12(22(24)25)9-13(14)23(26)27/h1-9H/b7-6+. The molecule has 0 amide bonds. The number of non-ortho nitro benzene ring substituents is 1. The summed E-state index contributed by atoms with van der Waals surface area (Å²) in [4.78, 5) is 20.4. The molecule has 1 aliphatic heterocycles. The summed E-state index contributed by atoms with van der Waals surface area (Å²) in [7, 11) is 0. The number of halogens is 3. The van der Waals surface area contributed by atoms with E-state index in [1.54, 1.807) is 30.3 Å². The van der Waals surface area contributed by atoms with Gasteiger partial charge in [0.05, 0.1) is 21.5 Å². The third-order valence-corrected chi connectivity index (χ3v) is 3.84. The Labute approximate surface area is 149 Å². The summed E-state index contributed by atoms with van der Waals surface area (Å²) in [6.45, 7) is 0. The van der Waals surface area contributed by atoms with Crippen LogP contribution in [0.5, 0.6) is 0 Å². The van der Waals surface area contributed by atoms with Crippen LogP contribution in [0.25, 0.3) is 12.2 Å². The highest BCUT2D eigenvalue weighted by atomic mass is 19.4. The number of benzene rings is 2. The molecule has 1 aliphatic rings. The van der Waals surface area contributed by atoms with Crippen LogP contribution >= 0.6 is 0 Å². The van der Waals surface area contributed by atoms with Crippen molar-refractivity contribution in [3.8, 4) is 0 Å². The number of hydrogen-bond acceptors (Lipinski definition) is 6. The molecule has 0 unspecified atom stereocenters. The van der Waals surface area contributed by atoms with Gasteiger partial charge in [0.15, 0.2) is 0 Å². The zero-order valence-electron chi connectivity index (χ0n) is 13.3. The van der Waals surface area contributed by atoms with Gasteiger partial charge in [0.1, 0.15) is 0 Å². The molecule has 0 radical (unpaired) electrons. The van der Waals surface area contributed by atoms with Crippen LogP contribution in [0.1, 0.15) is 16.7 Å². The molecular formula is C16H9F3N4O4. The van der Waals surface area contributed by atoms with Crippen molar-refractivity contribution in [2.75, 3.05) is 0 Å². The predicted molar refractivity (Wildman–Crippen MR) is 87.7 cm³/mol. The van der Waals surface area contributed by atoms with Crippen LogP contribution in [0.2, 0.25) is 0 Å². The Hall–Kier alpha value is -3.63. The molecule has 138 valence electrons. The van der Waals surface area contributed by atoms with Crippen molar-refractivity contribution in [2.45, 2.75) is 11.8 Å². The second kappa shape index (κ2) is 6.27. The molecule has 8 nitrogen and oxygen atoms in total. The largest absolute Gasteiger partial charge is 0.442 e. The van der Waals surface area contributed by atoms with E-state index >= 15 is 0 Å². The fourth-order valence-electron chi connectivity index (χ4n) is 2.55. The normalized spacial score (nSPS) is 15.1. The number of nitro groups is 2. The quantitative estimate of drug-likeness (QED) is 0.420. The van der Waals surface area contributed by atoms with Crippen molar-refractivity contribution < 1.29 is 23.0 Å². The monoisotopic (exact) mass is 378 g/mol. The van der Waals surface area contributed by atoms with Crippen LogP contribution in [0.15, 0.2) is 52.7 Å². The van der Waals surface area contributed by atoms with E-state index in [2.05, 4.69) is 10.2 Å². The maximum atomic E-state index is 13.5. The van der Waals surface area contributed by atoms with Crippen LogP contribution in [0, 0.1) is 20.2 Å². The number of rotatable bonds is 5. The second-order valence-electron chi connectivity index (χ2n) is 5.56. The number of alkyl halides is 3. The van der Waals surface area contributed by atoms with Gasteiger partial charge in [-0.3, -0.25) is 20.2 Å². The lowest BCUT2D eigenvalue weighted by atomic mass is 9.93. The lowest BCUT2D eigenvalue weighted by Gasteiger charge is -2.17. The highest BCUT2D eigenvalue weighted by Gasteiger charge is 2.68. The van der Waals surface area contributed by atoms with Gasteiger partial charge >= 0.3 is 11.8 Å². The van der Waals surface area contributed by atoms with Crippen molar-refractivity contribution in [3.05, 3.63) is 79.4 Å². The van der Waals surface area contributed by atoms with Gasteiger partial charge in [-0.25, -0.2) is 0 Å². The lowest BCUT2D eigenvalue weighted by Crippen LogP contribution is -2.31. The Morgan fingerprint density at radius 1 is 0.963 bits per heavy atom. The molecule has 0 saturated heterocycles. The number of nitro benzene ring substituents is 2. The van der Waals surface area contributed by atoms with Crippen molar-refractivity contribution in [1.29, 1.82) is 0 Å². The first-order chi connectivity index (χ1) is 12.7. The Morgan fingerprint density at radius 2 is 1.59 bits per heavy atom. The molecule has 0 bridgehead atoms. The summed E-state index contributed by atoms with van der Waals surface area (Å²) >= 11 is 0. The van der Waals surface area contributed by atoms with Crippen molar-refractivity contribution >= 4 is 23.5 Å². The topological polar surface area (TPSA) is 111 Å². The molecule has 1 heterocycles. The van der Waals surface area contributed by atoms with Gasteiger partial charge in [-0.2, -0.15) is 13.2 Å². The van der Waals surface area contributed by atoms with Gasteiger partial charge in [0.2, 0.25) is 0 Å². The zero-order valence-corrected chi connectivity index (χ0v) is 13.3. The SMILES string of the molecule is O=[N+]([O-])c1cc(/C=C/c2ccccc2)c(C2(C(F)(F)F)N=N2)c([N+](=O)[O-])c1. The molecule has 0 aromatic heterocycles. The first-order valence-corrected chi connectivity index (χ1v) is 7.37. The summed E-state index contributed by atoms with van der Waals surface area (Å²) in [5.74, 6) is 0. The van der Waals surface area contributed by atoms with Gasteiger partial charge in [-0.1, -0.05) is 42.5 Å². The maximum absolute atomic E-state index is 13.5. The molecule has 0 spiro atoms. The van der Waals surface area contributed by atoms with Crippen molar-refractivity contribution in [3.63, 3.8) is 0 Å². The van der Waals surface area contributed by atoms with E-state index in [0.29, 0.717) is 11.6 Å². The summed E-state index contributed by atoms with van der Waals surface area (Å²) in [6.07, 6.45) is -2.50. The smallest absolute Gasteiger partial charge is 0.258 e. The molecule has 2 aromatic carbocycles. The molecule has 3 rings (SSSR count). The van der Waals surface area contributed by atoms with Gasteiger partial charge in [-0.15, -0.1) is 10.2 Å². The second-order valence-corrected chi connectivity index (χ2v) is 5.56. The van der Waals surface area contributed by atoms with Crippen molar-refractivity contribution in [1.82, 2.24) is 0 Å². The van der Waals surface area contributed by atoms with Crippen LogP contribution in [-0.2, 0) is 5.66 Å². The Bertz CT molecular complexity index is 981. The van der Waals surface area contributed by atoms with Gasteiger partial charge in [-0.05, 0) is 11.1 Å². The fraction of sp³-hybridized carbons (Fsp3) is 0.125. The van der Waals surface area contributed by atoms with E-state index in [0.717, 1.165) is 12.1 Å². The Kier molecular flexibility index (Phi) is 4.22. The van der Waals surface area contributed by atoms with Crippen molar-refractivity contribution in [2.24, 2.45) is 10.2 Å². The Balaban J connectivity index is 2.25. The highest BCUT2D eigenvalue weighted by molar-refractivity contribution is 5.76. The summed E-state index contributed by atoms with van der Waals surface area (Å²) in [5.41, 5.74) is -5.50. The van der Waals surface area contributed by atoms with Gasteiger partial charge in [0, 0.05) is 6.07 Å². The maximum Gasteiger partial charge on any atom is 0.442 e. The number of nitrogens with zero attached hydrogens (tertiary/aromatic N) is 4. The molecule has 11 heteroatoms. The highest BCUT2D eigenvalue weighted by Crippen LogP contribution is 2.56. The molecule has 27 heavy (non-hydrogen) atoms. The number of hydrogen-bond donors (Lipinski definition) is 0.